The fourth-order valence-corrected chi connectivity index (χ4v) is 2.89. The number of alkyl halides is 3. The Labute approximate surface area is 168 Å². The molecule has 0 saturated heterocycles. The summed E-state index contributed by atoms with van der Waals surface area (Å²) in [5, 5.41) is 7.21. The van der Waals surface area contributed by atoms with Crippen LogP contribution < -0.4 is 10.6 Å². The number of rotatable bonds is 8. The molecule has 0 amide bonds. The highest BCUT2D eigenvalue weighted by molar-refractivity contribution is 14.0. The molecule has 0 unspecified atom stereocenters. The van der Waals surface area contributed by atoms with Gasteiger partial charge in [-0.1, -0.05) is 0 Å². The molecule has 0 atom stereocenters. The van der Waals surface area contributed by atoms with Crippen LogP contribution in [0.3, 0.4) is 0 Å². The maximum Gasteiger partial charge on any atom is 0.401 e. The zero-order valence-corrected chi connectivity index (χ0v) is 18.2. The van der Waals surface area contributed by atoms with Crippen LogP contribution in [0.1, 0.15) is 28.9 Å². The SMILES string of the molecule is CCNC(=NCc1nc(C)c(C)s1)NCCCN(C)CC(F)(F)F.I. The molecule has 0 bridgehead atoms. The number of nitrogens with zero attached hydrogens (tertiary/aromatic N) is 3. The summed E-state index contributed by atoms with van der Waals surface area (Å²) in [6, 6.07) is 0. The topological polar surface area (TPSA) is 52.6 Å². The second-order valence-electron chi connectivity index (χ2n) is 5.58. The van der Waals surface area contributed by atoms with Crippen molar-refractivity contribution >= 4 is 41.3 Å². The minimum absolute atomic E-state index is 0. The van der Waals surface area contributed by atoms with Crippen LogP contribution in [0.5, 0.6) is 0 Å². The molecule has 0 fully saturated rings. The van der Waals surface area contributed by atoms with Gasteiger partial charge in [-0.3, -0.25) is 4.90 Å². The van der Waals surface area contributed by atoms with Crippen molar-refractivity contribution in [2.45, 2.75) is 39.9 Å². The first kappa shape index (κ1) is 24.4. The summed E-state index contributed by atoms with van der Waals surface area (Å²) in [7, 11) is 1.47. The van der Waals surface area contributed by atoms with Gasteiger partial charge < -0.3 is 10.6 Å². The molecule has 2 N–H and O–H groups in total. The van der Waals surface area contributed by atoms with Crippen LogP contribution in [0.25, 0.3) is 0 Å². The highest BCUT2D eigenvalue weighted by atomic mass is 127. The van der Waals surface area contributed by atoms with Gasteiger partial charge in [0.05, 0.1) is 18.8 Å². The van der Waals surface area contributed by atoms with Gasteiger partial charge in [-0.05, 0) is 40.8 Å². The van der Waals surface area contributed by atoms with Crippen LogP contribution in [0.2, 0.25) is 0 Å². The summed E-state index contributed by atoms with van der Waals surface area (Å²) in [5.74, 6) is 0.654. The van der Waals surface area contributed by atoms with Gasteiger partial charge in [-0.15, -0.1) is 35.3 Å². The molecule has 5 nitrogen and oxygen atoms in total. The lowest BCUT2D eigenvalue weighted by molar-refractivity contribution is -0.143. The molecule has 1 heterocycles. The number of aliphatic imine (C=N–C) groups is 1. The second-order valence-corrected chi connectivity index (χ2v) is 6.87. The average molecular weight is 493 g/mol. The molecule has 0 spiro atoms. The highest BCUT2D eigenvalue weighted by Gasteiger charge is 2.28. The molecule has 1 aromatic heterocycles. The zero-order valence-electron chi connectivity index (χ0n) is 15.0. The Morgan fingerprint density at radius 2 is 1.96 bits per heavy atom. The van der Waals surface area contributed by atoms with Crippen molar-refractivity contribution in [2.24, 2.45) is 4.99 Å². The van der Waals surface area contributed by atoms with E-state index in [1.54, 1.807) is 11.3 Å². The van der Waals surface area contributed by atoms with E-state index < -0.39 is 12.7 Å². The molecule has 10 heteroatoms. The quantitative estimate of drug-likeness (QED) is 0.253. The van der Waals surface area contributed by atoms with E-state index in [1.165, 1.54) is 16.8 Å². The Bertz CT molecular complexity index is 514. The molecule has 0 aliphatic rings. The number of halogens is 4. The standard InChI is InChI=1S/C15H26F3N5S.HI/c1-5-19-14(21-9-13-22-11(2)12(3)24-13)20-7-6-8-23(4)10-15(16,17)18;/h5-10H2,1-4H3,(H2,19,20,21);1H. The number of thiazole rings is 1. The molecule has 1 aromatic rings. The van der Waals surface area contributed by atoms with Crippen LogP contribution in [-0.2, 0) is 6.54 Å². The Morgan fingerprint density at radius 1 is 1.28 bits per heavy atom. The molecular formula is C15H27F3IN5S. The molecule has 0 aliphatic carbocycles. The van der Waals surface area contributed by atoms with Crippen molar-refractivity contribution in [1.82, 2.24) is 20.5 Å². The minimum atomic E-state index is -4.15. The summed E-state index contributed by atoms with van der Waals surface area (Å²) in [4.78, 5) is 11.4. The highest BCUT2D eigenvalue weighted by Crippen LogP contribution is 2.17. The fourth-order valence-electron chi connectivity index (χ4n) is 2.04. The maximum absolute atomic E-state index is 12.2. The molecular weight excluding hydrogens is 466 g/mol. The average Bonchev–Trinajstić information content (AvgIpc) is 2.77. The summed E-state index contributed by atoms with van der Waals surface area (Å²) >= 11 is 1.62. The fraction of sp³-hybridized carbons (Fsp3) is 0.733. The van der Waals surface area contributed by atoms with Crippen LogP contribution in [-0.4, -0.2) is 55.2 Å². The Hall–Kier alpha value is -0.620. The third-order valence-corrected chi connectivity index (χ3v) is 4.31. The molecule has 0 radical (unpaired) electrons. The molecule has 0 aliphatic heterocycles. The van der Waals surface area contributed by atoms with Crippen molar-refractivity contribution in [2.75, 3.05) is 33.2 Å². The van der Waals surface area contributed by atoms with E-state index in [0.29, 0.717) is 32.0 Å². The van der Waals surface area contributed by atoms with Gasteiger partial charge >= 0.3 is 6.18 Å². The van der Waals surface area contributed by atoms with Crippen LogP contribution in [0, 0.1) is 13.8 Å². The lowest BCUT2D eigenvalue weighted by Crippen LogP contribution is -2.39. The lowest BCUT2D eigenvalue weighted by atomic mass is 10.4. The van der Waals surface area contributed by atoms with Gasteiger partial charge in [-0.2, -0.15) is 13.2 Å². The van der Waals surface area contributed by atoms with E-state index >= 15 is 0 Å². The van der Waals surface area contributed by atoms with Gasteiger partial charge in [0.25, 0.3) is 0 Å². The predicted molar refractivity (Wildman–Crippen MR) is 108 cm³/mol. The van der Waals surface area contributed by atoms with Gasteiger partial charge in [0.15, 0.2) is 5.96 Å². The van der Waals surface area contributed by atoms with Crippen molar-refractivity contribution in [3.63, 3.8) is 0 Å². The number of hydrogen-bond donors (Lipinski definition) is 2. The zero-order chi connectivity index (χ0) is 18.2. The smallest absolute Gasteiger partial charge is 0.357 e. The van der Waals surface area contributed by atoms with E-state index in [2.05, 4.69) is 20.6 Å². The Kier molecular flexibility index (Phi) is 11.6. The van der Waals surface area contributed by atoms with Gasteiger partial charge in [0.1, 0.15) is 5.01 Å². The lowest BCUT2D eigenvalue weighted by Gasteiger charge is -2.18. The summed E-state index contributed by atoms with van der Waals surface area (Å²) in [5.41, 5.74) is 1.02. The second kappa shape index (κ2) is 11.9. The number of nitrogens with one attached hydrogen (secondary N) is 2. The van der Waals surface area contributed by atoms with Crippen molar-refractivity contribution in [1.29, 1.82) is 0 Å². The Morgan fingerprint density at radius 3 is 2.48 bits per heavy atom. The molecule has 1 rings (SSSR count). The summed E-state index contributed by atoms with van der Waals surface area (Å²) in [6.07, 6.45) is -3.55. The monoisotopic (exact) mass is 493 g/mol. The third-order valence-electron chi connectivity index (χ3n) is 3.25. The number of guanidine groups is 1. The molecule has 0 aromatic carbocycles. The van der Waals surface area contributed by atoms with Crippen molar-refractivity contribution in [3.8, 4) is 0 Å². The van der Waals surface area contributed by atoms with E-state index in [-0.39, 0.29) is 24.0 Å². The third kappa shape index (κ3) is 10.9. The minimum Gasteiger partial charge on any atom is -0.357 e. The van der Waals surface area contributed by atoms with Gasteiger partial charge in [-0.25, -0.2) is 9.98 Å². The molecule has 0 saturated carbocycles. The molecule has 146 valence electrons. The van der Waals surface area contributed by atoms with Gasteiger partial charge in [0.2, 0.25) is 0 Å². The van der Waals surface area contributed by atoms with Crippen molar-refractivity contribution in [3.05, 3.63) is 15.6 Å². The number of hydrogen-bond acceptors (Lipinski definition) is 4. The largest absolute Gasteiger partial charge is 0.401 e. The number of aromatic nitrogens is 1. The first-order valence-corrected chi connectivity index (χ1v) is 8.73. The van der Waals surface area contributed by atoms with E-state index in [0.717, 1.165) is 17.2 Å². The van der Waals surface area contributed by atoms with E-state index in [9.17, 15) is 13.2 Å². The molecule has 25 heavy (non-hydrogen) atoms. The van der Waals surface area contributed by atoms with Crippen LogP contribution >= 0.6 is 35.3 Å². The number of aryl methyl sites for hydroxylation is 2. The Balaban J connectivity index is 0.00000576. The summed E-state index contributed by atoms with van der Waals surface area (Å²) in [6.45, 7) is 7.22. The maximum atomic E-state index is 12.2. The normalized spacial score (nSPS) is 12.2. The van der Waals surface area contributed by atoms with E-state index in [1.807, 2.05) is 20.8 Å². The summed E-state index contributed by atoms with van der Waals surface area (Å²) < 4.78 is 36.7. The first-order chi connectivity index (χ1) is 11.2. The van der Waals surface area contributed by atoms with E-state index in [4.69, 9.17) is 0 Å². The van der Waals surface area contributed by atoms with Gasteiger partial charge in [0, 0.05) is 18.0 Å². The van der Waals surface area contributed by atoms with Crippen LogP contribution in [0.4, 0.5) is 13.2 Å². The van der Waals surface area contributed by atoms with Crippen LogP contribution in [0.15, 0.2) is 4.99 Å². The first-order valence-electron chi connectivity index (χ1n) is 7.91. The predicted octanol–water partition coefficient (Wildman–Crippen LogP) is 3.32. The van der Waals surface area contributed by atoms with Crippen molar-refractivity contribution < 1.29 is 13.2 Å².